The molecule has 5 rings (SSSR count). The van der Waals surface area contributed by atoms with Crippen LogP contribution >= 0.6 is 0 Å². The molecule has 0 amide bonds. The van der Waals surface area contributed by atoms with Crippen molar-refractivity contribution in [3.63, 3.8) is 0 Å². The molecule has 1 aliphatic heterocycles. The number of aliphatic hydroxyl groups is 1. The third-order valence-electron chi connectivity index (χ3n) is 5.40. The summed E-state index contributed by atoms with van der Waals surface area (Å²) in [6.45, 7) is 0. The van der Waals surface area contributed by atoms with Gasteiger partial charge in [-0.1, -0.05) is 30.3 Å². The van der Waals surface area contributed by atoms with E-state index in [1.165, 1.54) is 11.1 Å². The van der Waals surface area contributed by atoms with Crippen LogP contribution in [0, 0.1) is 5.92 Å². The van der Waals surface area contributed by atoms with Crippen LogP contribution in [0.5, 0.6) is 0 Å². The van der Waals surface area contributed by atoms with Crippen molar-refractivity contribution in [2.45, 2.75) is 25.0 Å². The summed E-state index contributed by atoms with van der Waals surface area (Å²) in [5.41, 5.74) is 11.2. The number of anilines is 1. The second-order valence-electron chi connectivity index (χ2n) is 6.64. The van der Waals surface area contributed by atoms with Crippen molar-refractivity contribution in [3.05, 3.63) is 65.7 Å². The maximum atomic E-state index is 11.0. The number of nitrogen functional groups attached to an aromatic ring is 1. The van der Waals surface area contributed by atoms with E-state index in [1.807, 2.05) is 18.6 Å². The van der Waals surface area contributed by atoms with Gasteiger partial charge in [0, 0.05) is 22.7 Å². The van der Waals surface area contributed by atoms with Gasteiger partial charge in [-0.05, 0) is 24.5 Å². The molecule has 2 aromatic heterocycles. The minimum atomic E-state index is -0.548. The van der Waals surface area contributed by atoms with Crippen LogP contribution in [-0.4, -0.2) is 19.6 Å². The summed E-state index contributed by atoms with van der Waals surface area (Å²) in [7, 11) is 0. The smallest absolute Gasteiger partial charge is 0.123 e. The molecule has 2 aliphatic rings. The molecule has 5 nitrogen and oxygen atoms in total. The highest BCUT2D eigenvalue weighted by Gasteiger charge is 2.40. The van der Waals surface area contributed by atoms with Gasteiger partial charge in [-0.3, -0.25) is 0 Å². The minimum Gasteiger partial charge on any atom is -0.388 e. The number of nitrogens with zero attached hydrogens (tertiary/aromatic N) is 3. The van der Waals surface area contributed by atoms with E-state index >= 15 is 0 Å². The van der Waals surface area contributed by atoms with Crippen LogP contribution in [0.4, 0.5) is 5.82 Å². The quantitative estimate of drug-likeness (QED) is 0.723. The Morgan fingerprint density at radius 3 is 2.92 bits per heavy atom. The lowest BCUT2D eigenvalue weighted by atomic mass is 9.77. The van der Waals surface area contributed by atoms with Crippen molar-refractivity contribution in [2.24, 2.45) is 5.92 Å². The fourth-order valence-corrected chi connectivity index (χ4v) is 4.33. The van der Waals surface area contributed by atoms with E-state index in [0.717, 1.165) is 29.8 Å². The van der Waals surface area contributed by atoms with Gasteiger partial charge in [0.25, 0.3) is 0 Å². The Kier molecular flexibility index (Phi) is 2.82. The van der Waals surface area contributed by atoms with Crippen LogP contribution < -0.4 is 5.73 Å². The van der Waals surface area contributed by atoms with E-state index in [4.69, 9.17) is 5.73 Å². The molecule has 3 N–H and O–H groups in total. The molecule has 120 valence electrons. The summed E-state index contributed by atoms with van der Waals surface area (Å²) in [6.07, 6.45) is 4.95. The summed E-state index contributed by atoms with van der Waals surface area (Å²) in [5.74, 6) is 0.613. The highest BCUT2D eigenvalue weighted by atomic mass is 16.3. The predicted octanol–water partition coefficient (Wildman–Crippen LogP) is 2.73. The van der Waals surface area contributed by atoms with Crippen molar-refractivity contribution < 1.29 is 5.11 Å². The van der Waals surface area contributed by atoms with E-state index < -0.39 is 6.10 Å². The molecule has 1 aliphatic carbocycles. The Morgan fingerprint density at radius 1 is 1.12 bits per heavy atom. The number of aromatic nitrogens is 3. The third kappa shape index (κ3) is 1.79. The minimum absolute atomic E-state index is 0.0968. The Labute approximate surface area is 139 Å². The number of pyridine rings is 1. The first-order chi connectivity index (χ1) is 11.7. The van der Waals surface area contributed by atoms with E-state index in [9.17, 15) is 5.11 Å². The van der Waals surface area contributed by atoms with Gasteiger partial charge in [0.05, 0.1) is 30.4 Å². The second kappa shape index (κ2) is 4.92. The number of nitrogens with two attached hydrogens (primary N) is 1. The summed E-state index contributed by atoms with van der Waals surface area (Å²) in [4.78, 5) is 8.72. The summed E-state index contributed by atoms with van der Waals surface area (Å²) in [6, 6.07) is 12.2. The number of hydrogen-bond donors (Lipinski definition) is 2. The monoisotopic (exact) mass is 318 g/mol. The molecule has 3 aromatic rings. The number of rotatable bonds is 1. The van der Waals surface area contributed by atoms with Gasteiger partial charge in [-0.25, -0.2) is 9.97 Å². The molecular weight excluding hydrogens is 300 g/mol. The summed E-state index contributed by atoms with van der Waals surface area (Å²) < 4.78 is 2.20. The van der Waals surface area contributed by atoms with Gasteiger partial charge >= 0.3 is 0 Å². The number of hydrogen-bond acceptors (Lipinski definition) is 4. The van der Waals surface area contributed by atoms with Crippen LogP contribution in [0.1, 0.15) is 35.4 Å². The lowest BCUT2D eigenvalue weighted by Gasteiger charge is -2.34. The SMILES string of the molecule is Nc1ccc2c(n1)CC[C@H](C1c3ccccc3-c3cncn31)[C@H]2O. The van der Waals surface area contributed by atoms with Gasteiger partial charge < -0.3 is 15.4 Å². The molecule has 0 bridgehead atoms. The molecular formula is C19H18N4O. The average Bonchev–Trinajstić information content (AvgIpc) is 3.16. The van der Waals surface area contributed by atoms with E-state index in [-0.39, 0.29) is 12.0 Å². The predicted molar refractivity (Wildman–Crippen MR) is 91.2 cm³/mol. The molecule has 3 atom stereocenters. The van der Waals surface area contributed by atoms with Crippen LogP contribution in [0.15, 0.2) is 48.9 Å². The molecule has 0 fully saturated rings. The number of aryl methyl sites for hydroxylation is 1. The Bertz CT molecular complexity index is 933. The summed E-state index contributed by atoms with van der Waals surface area (Å²) in [5, 5.41) is 11.0. The van der Waals surface area contributed by atoms with Crippen molar-refractivity contribution in [1.29, 1.82) is 0 Å². The van der Waals surface area contributed by atoms with E-state index in [1.54, 1.807) is 6.07 Å². The number of benzene rings is 1. The Morgan fingerprint density at radius 2 is 2.00 bits per heavy atom. The highest BCUT2D eigenvalue weighted by Crippen LogP contribution is 2.49. The fraction of sp³-hybridized carbons (Fsp3) is 0.263. The topological polar surface area (TPSA) is 77.0 Å². The van der Waals surface area contributed by atoms with Crippen LogP contribution in [0.2, 0.25) is 0 Å². The third-order valence-corrected chi connectivity index (χ3v) is 5.40. The first-order valence-electron chi connectivity index (χ1n) is 8.28. The van der Waals surface area contributed by atoms with Gasteiger partial charge in [-0.2, -0.15) is 0 Å². The highest BCUT2D eigenvalue weighted by molar-refractivity contribution is 5.69. The normalized spacial score (nSPS) is 24.3. The van der Waals surface area contributed by atoms with Crippen molar-refractivity contribution in [1.82, 2.24) is 14.5 Å². The molecule has 0 saturated carbocycles. The standard InChI is InChI=1S/C19H18N4O/c20-17-8-6-13-15(22-17)7-5-14(19(13)24)18-12-4-2-1-3-11(12)16-9-21-10-23(16)18/h1-4,6,8-10,14,18-19,24H,5,7H2,(H2,20,22)/t14-,18?,19+/m1/s1. The molecule has 24 heavy (non-hydrogen) atoms. The molecule has 0 radical (unpaired) electrons. The fourth-order valence-electron chi connectivity index (χ4n) is 4.33. The van der Waals surface area contributed by atoms with Gasteiger partial charge in [0.2, 0.25) is 0 Å². The number of imidazole rings is 1. The van der Waals surface area contributed by atoms with E-state index in [0.29, 0.717) is 5.82 Å². The summed E-state index contributed by atoms with van der Waals surface area (Å²) >= 11 is 0. The van der Waals surface area contributed by atoms with Crippen molar-refractivity contribution >= 4 is 5.82 Å². The van der Waals surface area contributed by atoms with Crippen LogP contribution in [-0.2, 0) is 6.42 Å². The molecule has 3 heterocycles. The molecule has 0 spiro atoms. The zero-order chi connectivity index (χ0) is 16.3. The zero-order valence-electron chi connectivity index (χ0n) is 13.1. The number of aliphatic hydroxyl groups excluding tert-OH is 1. The van der Waals surface area contributed by atoms with Crippen molar-refractivity contribution in [3.8, 4) is 11.3 Å². The van der Waals surface area contributed by atoms with Gasteiger partial charge in [0.1, 0.15) is 5.82 Å². The van der Waals surface area contributed by atoms with Crippen molar-refractivity contribution in [2.75, 3.05) is 5.73 Å². The first-order valence-corrected chi connectivity index (χ1v) is 8.28. The van der Waals surface area contributed by atoms with Gasteiger partial charge in [-0.15, -0.1) is 0 Å². The maximum absolute atomic E-state index is 11.0. The Balaban J connectivity index is 1.62. The lowest BCUT2D eigenvalue weighted by Crippen LogP contribution is -2.29. The first kappa shape index (κ1) is 13.7. The molecule has 5 heteroatoms. The lowest BCUT2D eigenvalue weighted by molar-refractivity contribution is 0.0711. The maximum Gasteiger partial charge on any atom is 0.123 e. The van der Waals surface area contributed by atoms with Crippen LogP contribution in [0.3, 0.4) is 0 Å². The van der Waals surface area contributed by atoms with E-state index in [2.05, 4.69) is 38.8 Å². The molecule has 0 saturated heterocycles. The van der Waals surface area contributed by atoms with Crippen LogP contribution in [0.25, 0.3) is 11.3 Å². The second-order valence-corrected chi connectivity index (χ2v) is 6.64. The molecule has 1 unspecified atom stereocenters. The average molecular weight is 318 g/mol. The van der Waals surface area contributed by atoms with Gasteiger partial charge in [0.15, 0.2) is 0 Å². The molecule has 1 aromatic carbocycles. The number of fused-ring (bicyclic) bond motifs is 4. The zero-order valence-corrected chi connectivity index (χ0v) is 13.1. The largest absolute Gasteiger partial charge is 0.388 e. The Hall–Kier alpha value is -2.66.